The summed E-state index contributed by atoms with van der Waals surface area (Å²) in [5.74, 6) is 0.136. The van der Waals surface area contributed by atoms with Crippen LogP contribution in [0, 0.1) is 0 Å². The van der Waals surface area contributed by atoms with E-state index in [9.17, 15) is 4.79 Å². The van der Waals surface area contributed by atoms with Crippen molar-refractivity contribution in [2.45, 2.75) is 52.0 Å². The maximum Gasteiger partial charge on any atom is 0.220 e. The quantitative estimate of drug-likeness (QED) is 0.715. The lowest BCUT2D eigenvalue weighted by Crippen LogP contribution is -2.23. The van der Waals surface area contributed by atoms with Crippen LogP contribution in [0.2, 0.25) is 0 Å². The van der Waals surface area contributed by atoms with E-state index in [2.05, 4.69) is 17.2 Å². The predicted octanol–water partition coefficient (Wildman–Crippen LogP) is 3.85. The van der Waals surface area contributed by atoms with Crippen molar-refractivity contribution in [3.05, 3.63) is 48.5 Å². The Morgan fingerprint density at radius 2 is 2.00 bits per heavy atom. The van der Waals surface area contributed by atoms with E-state index in [1.165, 1.54) is 19.3 Å². The first kappa shape index (κ1) is 16.3. The summed E-state index contributed by atoms with van der Waals surface area (Å²) in [5.41, 5.74) is 2.16. The molecule has 0 bridgehead atoms. The third-order valence-corrected chi connectivity index (χ3v) is 3.76. The van der Waals surface area contributed by atoms with Crippen molar-refractivity contribution in [3.8, 4) is 5.69 Å². The number of imidazole rings is 1. The van der Waals surface area contributed by atoms with Crippen molar-refractivity contribution >= 4 is 5.91 Å². The van der Waals surface area contributed by atoms with Gasteiger partial charge in [0.25, 0.3) is 0 Å². The Morgan fingerprint density at radius 1 is 1.18 bits per heavy atom. The summed E-state index contributed by atoms with van der Waals surface area (Å²) in [6.07, 6.45) is 11.9. The van der Waals surface area contributed by atoms with Crippen LogP contribution in [-0.4, -0.2) is 15.5 Å². The number of hydrogen-bond acceptors (Lipinski definition) is 2. The van der Waals surface area contributed by atoms with E-state index in [1.54, 1.807) is 12.5 Å². The van der Waals surface area contributed by atoms with Gasteiger partial charge in [-0.15, -0.1) is 0 Å². The molecule has 0 unspecified atom stereocenters. The van der Waals surface area contributed by atoms with Gasteiger partial charge in [-0.25, -0.2) is 4.98 Å². The highest BCUT2D eigenvalue weighted by atomic mass is 16.1. The van der Waals surface area contributed by atoms with Crippen LogP contribution in [0.15, 0.2) is 43.0 Å². The first-order chi connectivity index (χ1) is 10.8. The summed E-state index contributed by atoms with van der Waals surface area (Å²) < 4.78 is 1.96. The van der Waals surface area contributed by atoms with E-state index in [4.69, 9.17) is 0 Å². The van der Waals surface area contributed by atoms with Crippen LogP contribution in [-0.2, 0) is 11.3 Å². The van der Waals surface area contributed by atoms with Gasteiger partial charge >= 0.3 is 0 Å². The molecule has 2 rings (SSSR count). The highest BCUT2D eigenvalue weighted by molar-refractivity contribution is 5.75. The van der Waals surface area contributed by atoms with Crippen molar-refractivity contribution < 1.29 is 4.79 Å². The Kier molecular flexibility index (Phi) is 6.68. The Bertz CT molecular complexity index is 563. The molecule has 0 radical (unpaired) electrons. The lowest BCUT2D eigenvalue weighted by Gasteiger charge is -2.11. The van der Waals surface area contributed by atoms with Crippen molar-refractivity contribution in [2.75, 3.05) is 0 Å². The lowest BCUT2D eigenvalue weighted by atomic mass is 10.1. The Morgan fingerprint density at radius 3 is 2.77 bits per heavy atom. The third-order valence-electron chi connectivity index (χ3n) is 3.76. The fourth-order valence-corrected chi connectivity index (χ4v) is 2.49. The zero-order chi connectivity index (χ0) is 15.6. The molecule has 22 heavy (non-hydrogen) atoms. The van der Waals surface area contributed by atoms with Gasteiger partial charge in [-0.2, -0.15) is 0 Å². The first-order valence-electron chi connectivity index (χ1n) is 8.14. The zero-order valence-corrected chi connectivity index (χ0v) is 13.3. The second-order valence-electron chi connectivity index (χ2n) is 5.54. The molecule has 2 aromatic rings. The summed E-state index contributed by atoms with van der Waals surface area (Å²) in [4.78, 5) is 16.0. The molecule has 4 nitrogen and oxygen atoms in total. The van der Waals surface area contributed by atoms with Crippen molar-refractivity contribution in [3.63, 3.8) is 0 Å². The molecule has 0 saturated carbocycles. The molecule has 1 heterocycles. The standard InChI is InChI=1S/C18H25N3O/c1-2-3-4-5-6-11-18(22)20-14-16-9-7-8-10-17(16)21-13-12-19-15-21/h7-10,12-13,15H,2-6,11,14H2,1H3,(H,20,22). The minimum atomic E-state index is 0.136. The van der Waals surface area contributed by atoms with Gasteiger partial charge in [0.2, 0.25) is 5.91 Å². The average molecular weight is 299 g/mol. The fraction of sp³-hybridized carbons (Fsp3) is 0.444. The van der Waals surface area contributed by atoms with E-state index < -0.39 is 0 Å². The molecule has 0 aliphatic carbocycles. The number of hydrogen-bond donors (Lipinski definition) is 1. The van der Waals surface area contributed by atoms with E-state index in [0.717, 1.165) is 24.1 Å². The zero-order valence-electron chi connectivity index (χ0n) is 13.3. The first-order valence-corrected chi connectivity index (χ1v) is 8.14. The number of para-hydroxylation sites is 1. The third kappa shape index (κ3) is 5.02. The van der Waals surface area contributed by atoms with E-state index in [1.807, 2.05) is 35.0 Å². The molecule has 0 saturated heterocycles. The van der Waals surface area contributed by atoms with Crippen LogP contribution in [0.25, 0.3) is 5.69 Å². The minimum absolute atomic E-state index is 0.136. The topological polar surface area (TPSA) is 46.9 Å². The molecule has 1 aromatic carbocycles. The Balaban J connectivity index is 1.81. The molecule has 0 spiro atoms. The molecule has 1 N–H and O–H groups in total. The van der Waals surface area contributed by atoms with Gasteiger partial charge in [-0.3, -0.25) is 4.79 Å². The van der Waals surface area contributed by atoms with Gasteiger partial charge in [0.15, 0.2) is 0 Å². The second-order valence-corrected chi connectivity index (χ2v) is 5.54. The van der Waals surface area contributed by atoms with Gasteiger partial charge < -0.3 is 9.88 Å². The molecule has 1 amide bonds. The number of benzene rings is 1. The fourth-order valence-electron chi connectivity index (χ4n) is 2.49. The highest BCUT2D eigenvalue weighted by Gasteiger charge is 2.06. The number of nitrogens with one attached hydrogen (secondary N) is 1. The number of carbonyl (C=O) groups excluding carboxylic acids is 1. The summed E-state index contributed by atoms with van der Waals surface area (Å²) >= 11 is 0. The van der Waals surface area contributed by atoms with Gasteiger partial charge in [-0.1, -0.05) is 50.8 Å². The maximum absolute atomic E-state index is 11.9. The van der Waals surface area contributed by atoms with Crippen molar-refractivity contribution in [2.24, 2.45) is 0 Å². The van der Waals surface area contributed by atoms with Crippen LogP contribution in [0.1, 0.15) is 51.0 Å². The van der Waals surface area contributed by atoms with Crippen molar-refractivity contribution in [1.82, 2.24) is 14.9 Å². The minimum Gasteiger partial charge on any atom is -0.352 e. The number of amides is 1. The molecule has 0 fully saturated rings. The molecule has 1 aromatic heterocycles. The number of unbranched alkanes of at least 4 members (excludes halogenated alkanes) is 4. The van der Waals surface area contributed by atoms with E-state index in [0.29, 0.717) is 13.0 Å². The van der Waals surface area contributed by atoms with Crippen LogP contribution in [0.3, 0.4) is 0 Å². The average Bonchev–Trinajstić information content (AvgIpc) is 3.07. The van der Waals surface area contributed by atoms with Crippen LogP contribution >= 0.6 is 0 Å². The van der Waals surface area contributed by atoms with Crippen LogP contribution < -0.4 is 5.32 Å². The Labute approximate surface area is 132 Å². The SMILES string of the molecule is CCCCCCCC(=O)NCc1ccccc1-n1ccnc1. The number of nitrogens with zero attached hydrogens (tertiary/aromatic N) is 2. The molecular formula is C18H25N3O. The molecule has 4 heteroatoms. The molecular weight excluding hydrogens is 274 g/mol. The highest BCUT2D eigenvalue weighted by Crippen LogP contribution is 2.14. The molecule has 0 aliphatic heterocycles. The van der Waals surface area contributed by atoms with Gasteiger partial charge in [0, 0.05) is 25.4 Å². The smallest absolute Gasteiger partial charge is 0.220 e. The number of carbonyl (C=O) groups is 1. The van der Waals surface area contributed by atoms with Crippen LogP contribution in [0.5, 0.6) is 0 Å². The van der Waals surface area contributed by atoms with Gasteiger partial charge in [0.1, 0.15) is 0 Å². The normalized spacial score (nSPS) is 10.6. The summed E-state index contributed by atoms with van der Waals surface area (Å²) in [5, 5.41) is 3.02. The lowest BCUT2D eigenvalue weighted by molar-refractivity contribution is -0.121. The number of aromatic nitrogens is 2. The van der Waals surface area contributed by atoms with E-state index >= 15 is 0 Å². The number of rotatable bonds is 9. The van der Waals surface area contributed by atoms with E-state index in [-0.39, 0.29) is 5.91 Å². The molecule has 0 atom stereocenters. The van der Waals surface area contributed by atoms with Gasteiger partial charge in [0.05, 0.1) is 12.0 Å². The summed E-state index contributed by atoms with van der Waals surface area (Å²) in [7, 11) is 0. The maximum atomic E-state index is 11.9. The van der Waals surface area contributed by atoms with Crippen LogP contribution in [0.4, 0.5) is 0 Å². The largest absolute Gasteiger partial charge is 0.352 e. The summed E-state index contributed by atoms with van der Waals surface area (Å²) in [6, 6.07) is 8.06. The monoisotopic (exact) mass is 299 g/mol. The molecule has 118 valence electrons. The second kappa shape index (κ2) is 9.03. The predicted molar refractivity (Wildman–Crippen MR) is 88.8 cm³/mol. The van der Waals surface area contributed by atoms with Crippen molar-refractivity contribution in [1.29, 1.82) is 0 Å². The summed E-state index contributed by atoms with van der Waals surface area (Å²) in [6.45, 7) is 2.76. The Hall–Kier alpha value is -2.10. The van der Waals surface area contributed by atoms with Gasteiger partial charge in [-0.05, 0) is 18.1 Å². The molecule has 0 aliphatic rings.